The summed E-state index contributed by atoms with van der Waals surface area (Å²) in [4.78, 5) is 37.0. The molecule has 1 atom stereocenters. The highest BCUT2D eigenvalue weighted by atomic mass is 32.1. The number of piperazine rings is 1. The van der Waals surface area contributed by atoms with Crippen LogP contribution in [0.5, 0.6) is 0 Å². The van der Waals surface area contributed by atoms with Crippen molar-refractivity contribution in [1.82, 2.24) is 19.7 Å². The highest BCUT2D eigenvalue weighted by molar-refractivity contribution is 7.10. The number of pyridine rings is 1. The van der Waals surface area contributed by atoms with Crippen molar-refractivity contribution < 1.29 is 9.59 Å². The minimum Gasteiger partial charge on any atom is -0.338 e. The summed E-state index contributed by atoms with van der Waals surface area (Å²) in [5.41, 5.74) is 3.47. The van der Waals surface area contributed by atoms with Gasteiger partial charge < -0.3 is 9.80 Å². The van der Waals surface area contributed by atoms with E-state index in [1.807, 2.05) is 23.2 Å². The lowest BCUT2D eigenvalue weighted by Crippen LogP contribution is -2.53. The van der Waals surface area contributed by atoms with Crippen LogP contribution >= 0.6 is 11.3 Å². The lowest BCUT2D eigenvalue weighted by molar-refractivity contribution is -0.138. The molecule has 4 heterocycles. The molecule has 0 saturated carbocycles. The first kappa shape index (κ1) is 20.8. The van der Waals surface area contributed by atoms with Crippen LogP contribution in [0.3, 0.4) is 0 Å². The van der Waals surface area contributed by atoms with Crippen molar-refractivity contribution >= 4 is 34.1 Å². The summed E-state index contributed by atoms with van der Waals surface area (Å²) in [6, 6.07) is 12.6. The number of benzene rings is 1. The Hall–Kier alpha value is -3.03. The first-order valence-corrected chi connectivity index (χ1v) is 11.9. The maximum absolute atomic E-state index is 13.3. The molecule has 0 radical (unpaired) electrons. The third kappa shape index (κ3) is 3.82. The van der Waals surface area contributed by atoms with Crippen molar-refractivity contribution in [3.63, 3.8) is 0 Å². The molecule has 0 spiro atoms. The Kier molecular flexibility index (Phi) is 5.76. The molecule has 1 aromatic carbocycles. The summed E-state index contributed by atoms with van der Waals surface area (Å²) in [5.74, 6) is 0.0560. The summed E-state index contributed by atoms with van der Waals surface area (Å²) in [7, 11) is 0. The number of hydrogen-bond donors (Lipinski definition) is 0. The van der Waals surface area contributed by atoms with Gasteiger partial charge in [0, 0.05) is 49.2 Å². The number of carbonyl (C=O) groups is 2. The Morgan fingerprint density at radius 3 is 2.66 bits per heavy atom. The zero-order valence-electron chi connectivity index (χ0n) is 17.9. The Bertz CT molecular complexity index is 1160. The first-order valence-electron chi connectivity index (χ1n) is 11.0. The Morgan fingerprint density at radius 1 is 1.03 bits per heavy atom. The zero-order valence-corrected chi connectivity index (χ0v) is 18.8. The molecule has 2 aliphatic rings. The van der Waals surface area contributed by atoms with E-state index in [0.29, 0.717) is 32.7 Å². The molecule has 7 heteroatoms. The smallest absolute Gasteiger partial charge is 0.246 e. The second-order valence-corrected chi connectivity index (χ2v) is 9.25. The largest absolute Gasteiger partial charge is 0.338 e. The summed E-state index contributed by atoms with van der Waals surface area (Å²) in [6.45, 7) is 7.02. The van der Waals surface area contributed by atoms with Crippen LogP contribution in [-0.4, -0.2) is 70.8 Å². The number of hydrogen-bond acceptors (Lipinski definition) is 5. The van der Waals surface area contributed by atoms with Crippen molar-refractivity contribution in [3.8, 4) is 0 Å². The van der Waals surface area contributed by atoms with E-state index in [9.17, 15) is 9.59 Å². The molecule has 1 saturated heterocycles. The standard InChI is InChI=1S/C25H26N4O2S/c1-2-23(30)27-12-14-28(15-13-27)24(31)17-29-11-8-22-20(9-16-32-22)25(29)19-5-3-7-21-18(19)6-4-10-26-21/h2-7,9-10,16,25H,1,8,11-15,17H2. The second kappa shape index (κ2) is 8.84. The number of amides is 2. The molecule has 6 nitrogen and oxygen atoms in total. The van der Waals surface area contributed by atoms with Gasteiger partial charge in [0.2, 0.25) is 11.8 Å². The van der Waals surface area contributed by atoms with E-state index >= 15 is 0 Å². The van der Waals surface area contributed by atoms with Crippen molar-refractivity contribution in [2.45, 2.75) is 12.5 Å². The fraction of sp³-hybridized carbons (Fsp3) is 0.320. The molecule has 1 fully saturated rings. The van der Waals surface area contributed by atoms with Gasteiger partial charge in [0.1, 0.15) is 0 Å². The van der Waals surface area contributed by atoms with Crippen molar-refractivity contribution in [2.75, 3.05) is 39.3 Å². The maximum atomic E-state index is 13.3. The zero-order chi connectivity index (χ0) is 22.1. The van der Waals surface area contributed by atoms with E-state index in [-0.39, 0.29) is 17.9 Å². The van der Waals surface area contributed by atoms with Crippen LogP contribution in [-0.2, 0) is 16.0 Å². The Morgan fingerprint density at radius 2 is 1.84 bits per heavy atom. The number of carbonyl (C=O) groups excluding carboxylic acids is 2. The third-order valence-corrected chi connectivity index (χ3v) is 7.49. The van der Waals surface area contributed by atoms with Crippen LogP contribution in [0, 0.1) is 0 Å². The summed E-state index contributed by atoms with van der Waals surface area (Å²) in [5, 5.41) is 3.29. The topological polar surface area (TPSA) is 56.8 Å². The second-order valence-electron chi connectivity index (χ2n) is 8.25. The molecule has 164 valence electrons. The van der Waals surface area contributed by atoms with E-state index in [0.717, 1.165) is 23.9 Å². The highest BCUT2D eigenvalue weighted by Gasteiger charge is 2.33. The molecule has 5 rings (SSSR count). The monoisotopic (exact) mass is 446 g/mol. The maximum Gasteiger partial charge on any atom is 0.246 e. The predicted octanol–water partition coefficient (Wildman–Crippen LogP) is 3.10. The molecule has 2 aliphatic heterocycles. The van der Waals surface area contributed by atoms with Crippen molar-refractivity contribution in [3.05, 3.63) is 76.6 Å². The van der Waals surface area contributed by atoms with Gasteiger partial charge in [-0.15, -0.1) is 11.3 Å². The van der Waals surface area contributed by atoms with Gasteiger partial charge >= 0.3 is 0 Å². The number of aromatic nitrogens is 1. The number of fused-ring (bicyclic) bond motifs is 2. The molecule has 0 N–H and O–H groups in total. The molecule has 0 bridgehead atoms. The molecule has 1 unspecified atom stereocenters. The van der Waals surface area contributed by atoms with E-state index in [4.69, 9.17) is 0 Å². The Labute approximate surface area is 191 Å². The minimum absolute atomic E-state index is 0.0329. The molecule has 2 amide bonds. The van der Waals surface area contributed by atoms with Crippen LogP contribution in [0.2, 0.25) is 0 Å². The van der Waals surface area contributed by atoms with Gasteiger partial charge in [0.15, 0.2) is 0 Å². The normalized spacial score (nSPS) is 19.1. The molecule has 32 heavy (non-hydrogen) atoms. The van der Waals surface area contributed by atoms with Gasteiger partial charge in [-0.05, 0) is 47.2 Å². The van der Waals surface area contributed by atoms with Gasteiger partial charge in [-0.1, -0.05) is 24.8 Å². The van der Waals surface area contributed by atoms with Gasteiger partial charge in [0.25, 0.3) is 0 Å². The fourth-order valence-electron chi connectivity index (χ4n) is 4.85. The van der Waals surface area contributed by atoms with Crippen LogP contribution in [0.1, 0.15) is 22.0 Å². The molecule has 2 aromatic heterocycles. The van der Waals surface area contributed by atoms with E-state index in [1.54, 1.807) is 16.2 Å². The van der Waals surface area contributed by atoms with E-state index in [1.165, 1.54) is 22.1 Å². The van der Waals surface area contributed by atoms with Gasteiger partial charge in [-0.25, -0.2) is 0 Å². The lowest BCUT2D eigenvalue weighted by atomic mass is 9.90. The minimum atomic E-state index is -0.0669. The van der Waals surface area contributed by atoms with Crippen LogP contribution in [0.15, 0.2) is 60.6 Å². The number of rotatable bonds is 4. The van der Waals surface area contributed by atoms with Crippen LogP contribution < -0.4 is 0 Å². The first-order chi connectivity index (χ1) is 15.7. The van der Waals surface area contributed by atoms with Gasteiger partial charge in [-0.3, -0.25) is 19.5 Å². The predicted molar refractivity (Wildman–Crippen MR) is 127 cm³/mol. The van der Waals surface area contributed by atoms with Crippen molar-refractivity contribution in [1.29, 1.82) is 0 Å². The average molecular weight is 447 g/mol. The van der Waals surface area contributed by atoms with E-state index in [2.05, 4.69) is 46.1 Å². The Balaban J connectivity index is 1.40. The lowest BCUT2D eigenvalue weighted by Gasteiger charge is -2.39. The van der Waals surface area contributed by atoms with Gasteiger partial charge in [0.05, 0.1) is 18.1 Å². The SMILES string of the molecule is C=CC(=O)N1CCN(C(=O)CN2CCc3sccc3C2c2cccc3ncccc23)CC1. The summed E-state index contributed by atoms with van der Waals surface area (Å²) in [6.07, 6.45) is 4.12. The highest BCUT2D eigenvalue weighted by Crippen LogP contribution is 2.40. The number of nitrogens with zero attached hydrogens (tertiary/aromatic N) is 4. The van der Waals surface area contributed by atoms with Gasteiger partial charge in [-0.2, -0.15) is 0 Å². The number of thiophene rings is 1. The quantitative estimate of drug-likeness (QED) is 0.578. The summed E-state index contributed by atoms with van der Waals surface area (Å²) < 4.78 is 0. The van der Waals surface area contributed by atoms with Crippen LogP contribution in [0.4, 0.5) is 0 Å². The van der Waals surface area contributed by atoms with E-state index < -0.39 is 0 Å². The molecular formula is C25H26N4O2S. The van der Waals surface area contributed by atoms with Crippen LogP contribution in [0.25, 0.3) is 10.9 Å². The third-order valence-electron chi connectivity index (χ3n) is 6.50. The summed E-state index contributed by atoms with van der Waals surface area (Å²) >= 11 is 1.80. The molecule has 0 aliphatic carbocycles. The van der Waals surface area contributed by atoms with Crippen molar-refractivity contribution in [2.24, 2.45) is 0 Å². The fourth-order valence-corrected chi connectivity index (χ4v) is 5.75. The average Bonchev–Trinajstić information content (AvgIpc) is 3.32. The molecule has 3 aromatic rings. The molecular weight excluding hydrogens is 420 g/mol.